The molecule has 1 N–H and O–H groups in total. The highest BCUT2D eigenvalue weighted by Gasteiger charge is 2.43. The molecule has 0 spiro atoms. The number of amides is 2. The maximum Gasteiger partial charge on any atom is 0.416 e. The van der Waals surface area contributed by atoms with Gasteiger partial charge in [0.25, 0.3) is 0 Å². The van der Waals surface area contributed by atoms with Gasteiger partial charge in [0, 0.05) is 12.5 Å². The average Bonchev–Trinajstić information content (AvgIpc) is 3.21. The number of nitrogens with zero attached hydrogens (tertiary/aromatic N) is 1. The van der Waals surface area contributed by atoms with Crippen LogP contribution in [-0.2, 0) is 20.9 Å². The first-order valence-electron chi connectivity index (χ1n) is 11.7. The lowest BCUT2D eigenvalue weighted by atomic mass is 9.86. The molecule has 4 atom stereocenters. The number of carbonyl (C=O) groups is 2. The molecule has 0 bridgehead atoms. The summed E-state index contributed by atoms with van der Waals surface area (Å²) in [6, 6.07) is 7.52. The monoisotopic (exact) mass is 461 g/mol. The lowest BCUT2D eigenvalue weighted by Gasteiger charge is -2.30. The van der Waals surface area contributed by atoms with Gasteiger partial charge in [-0.3, -0.25) is 4.79 Å². The van der Waals surface area contributed by atoms with Gasteiger partial charge in [-0.15, -0.1) is 0 Å². The Labute approximate surface area is 197 Å². The third kappa shape index (κ3) is 7.30. The van der Waals surface area contributed by atoms with E-state index in [2.05, 4.69) is 6.08 Å². The van der Waals surface area contributed by atoms with Crippen LogP contribution in [0.1, 0.15) is 53.0 Å². The summed E-state index contributed by atoms with van der Waals surface area (Å²) >= 11 is 0. The van der Waals surface area contributed by atoms with E-state index in [9.17, 15) is 14.7 Å². The normalized spacial score (nSPS) is 19.4. The van der Waals surface area contributed by atoms with Crippen molar-refractivity contribution < 1.29 is 28.9 Å². The molecule has 1 fully saturated rings. The molecule has 1 aliphatic rings. The van der Waals surface area contributed by atoms with E-state index >= 15 is 0 Å². The Morgan fingerprint density at radius 2 is 1.88 bits per heavy atom. The van der Waals surface area contributed by atoms with Crippen molar-refractivity contribution in [2.24, 2.45) is 17.8 Å². The fraction of sp³-hybridized carbons (Fsp3) is 0.615. The molecule has 33 heavy (non-hydrogen) atoms. The fourth-order valence-corrected chi connectivity index (χ4v) is 3.86. The van der Waals surface area contributed by atoms with Crippen LogP contribution < -0.4 is 4.74 Å². The standard InChI is InChI=1S/C26H39NO6/c1-17(2)23-16-33-26(30)27(23)25(29)20(5)24(28)19(4)18(3)9-7-8-14-32-15-21-10-12-22(31-6)13-11-21/h9-13,17,19-20,23-24,28H,7-8,14-16H2,1-6H3/b18-9+/t19-,20+,23-,24-/m0/s1. The Balaban J connectivity index is 1.79. The molecule has 1 heterocycles. The Hall–Kier alpha value is -2.38. The van der Waals surface area contributed by atoms with Crippen LogP contribution >= 0.6 is 0 Å². The molecule has 0 unspecified atom stereocenters. The summed E-state index contributed by atoms with van der Waals surface area (Å²) in [6.07, 6.45) is 2.26. The quantitative estimate of drug-likeness (QED) is 0.362. The number of imide groups is 1. The van der Waals surface area contributed by atoms with E-state index in [-0.39, 0.29) is 30.4 Å². The zero-order chi connectivity index (χ0) is 24.5. The van der Waals surface area contributed by atoms with Crippen LogP contribution in [0.25, 0.3) is 0 Å². The lowest BCUT2D eigenvalue weighted by Crippen LogP contribution is -2.47. The van der Waals surface area contributed by atoms with E-state index < -0.39 is 18.1 Å². The molecular formula is C26H39NO6. The van der Waals surface area contributed by atoms with Gasteiger partial charge in [0.1, 0.15) is 12.4 Å². The number of carbonyl (C=O) groups excluding carboxylic acids is 2. The van der Waals surface area contributed by atoms with Crippen LogP contribution in [0.4, 0.5) is 4.79 Å². The van der Waals surface area contributed by atoms with Crippen LogP contribution in [-0.4, -0.2) is 54.5 Å². The zero-order valence-corrected chi connectivity index (χ0v) is 20.7. The number of benzene rings is 1. The fourth-order valence-electron chi connectivity index (χ4n) is 3.86. The van der Waals surface area contributed by atoms with E-state index in [4.69, 9.17) is 14.2 Å². The molecule has 1 aromatic carbocycles. The predicted octanol–water partition coefficient (Wildman–Crippen LogP) is 4.57. The predicted molar refractivity (Wildman–Crippen MR) is 127 cm³/mol. The number of aliphatic hydroxyl groups is 1. The number of cyclic esters (lactones) is 1. The minimum Gasteiger partial charge on any atom is -0.497 e. The van der Waals surface area contributed by atoms with Gasteiger partial charge in [-0.05, 0) is 43.4 Å². The summed E-state index contributed by atoms with van der Waals surface area (Å²) in [5.74, 6) is -0.374. The van der Waals surface area contributed by atoms with Crippen molar-refractivity contribution in [3.8, 4) is 5.75 Å². The summed E-state index contributed by atoms with van der Waals surface area (Å²) < 4.78 is 16.0. The number of hydrogen-bond acceptors (Lipinski definition) is 6. The van der Waals surface area contributed by atoms with Crippen LogP contribution in [0.3, 0.4) is 0 Å². The second-order valence-electron chi connectivity index (χ2n) is 9.16. The van der Waals surface area contributed by atoms with Crippen LogP contribution in [0.2, 0.25) is 0 Å². The highest BCUT2D eigenvalue weighted by Crippen LogP contribution is 2.27. The lowest BCUT2D eigenvalue weighted by molar-refractivity contribution is -0.137. The van der Waals surface area contributed by atoms with Crippen molar-refractivity contribution in [2.75, 3.05) is 20.3 Å². The number of methoxy groups -OCH3 is 1. The van der Waals surface area contributed by atoms with E-state index in [1.54, 1.807) is 14.0 Å². The van der Waals surface area contributed by atoms with Gasteiger partial charge in [-0.2, -0.15) is 0 Å². The first-order valence-corrected chi connectivity index (χ1v) is 11.7. The van der Waals surface area contributed by atoms with Gasteiger partial charge in [0.05, 0.1) is 31.8 Å². The van der Waals surface area contributed by atoms with Gasteiger partial charge in [0.15, 0.2) is 0 Å². The molecule has 0 aliphatic carbocycles. The van der Waals surface area contributed by atoms with Crippen molar-refractivity contribution in [3.63, 3.8) is 0 Å². The smallest absolute Gasteiger partial charge is 0.416 e. The van der Waals surface area contributed by atoms with Gasteiger partial charge >= 0.3 is 6.09 Å². The summed E-state index contributed by atoms with van der Waals surface area (Å²) in [6.45, 7) is 10.8. The first kappa shape index (κ1) is 26.9. The summed E-state index contributed by atoms with van der Waals surface area (Å²) in [5, 5.41) is 10.8. The molecule has 1 aliphatic heterocycles. The Kier molecular flexibility index (Phi) is 10.4. The first-order chi connectivity index (χ1) is 15.7. The average molecular weight is 462 g/mol. The molecule has 184 valence electrons. The SMILES string of the molecule is COc1ccc(COCCC/C=C(\C)[C@H](C)[C@H](O)[C@@H](C)C(=O)N2C(=O)OC[C@H]2C(C)C)cc1. The largest absolute Gasteiger partial charge is 0.497 e. The van der Waals surface area contributed by atoms with Crippen molar-refractivity contribution in [1.29, 1.82) is 0 Å². The molecule has 1 aromatic rings. The molecule has 2 rings (SSSR count). The summed E-state index contributed by atoms with van der Waals surface area (Å²) in [7, 11) is 1.64. The summed E-state index contributed by atoms with van der Waals surface area (Å²) in [5.41, 5.74) is 2.11. The molecule has 0 aromatic heterocycles. The topological polar surface area (TPSA) is 85.3 Å². The van der Waals surface area contributed by atoms with Crippen molar-refractivity contribution in [2.45, 2.75) is 66.2 Å². The minimum atomic E-state index is -0.888. The highest BCUT2D eigenvalue weighted by molar-refractivity contribution is 5.95. The molecule has 0 radical (unpaired) electrons. The number of ether oxygens (including phenoxy) is 3. The van der Waals surface area contributed by atoms with Crippen molar-refractivity contribution in [1.82, 2.24) is 4.90 Å². The molecule has 1 saturated heterocycles. The van der Waals surface area contributed by atoms with Gasteiger partial charge < -0.3 is 19.3 Å². The number of unbranched alkanes of at least 4 members (excludes halogenated alkanes) is 1. The molecule has 0 saturated carbocycles. The van der Waals surface area contributed by atoms with Crippen molar-refractivity contribution >= 4 is 12.0 Å². The maximum absolute atomic E-state index is 12.9. The van der Waals surface area contributed by atoms with Crippen LogP contribution in [0, 0.1) is 17.8 Å². The molecular weight excluding hydrogens is 422 g/mol. The Bertz CT molecular complexity index is 804. The van der Waals surface area contributed by atoms with E-state index in [0.717, 1.165) is 29.7 Å². The number of allylic oxidation sites excluding steroid dienone is 1. The highest BCUT2D eigenvalue weighted by atomic mass is 16.6. The van der Waals surface area contributed by atoms with E-state index in [0.29, 0.717) is 13.2 Å². The minimum absolute atomic E-state index is 0.0933. The third-order valence-corrected chi connectivity index (χ3v) is 6.43. The Morgan fingerprint density at radius 3 is 2.48 bits per heavy atom. The van der Waals surface area contributed by atoms with Crippen LogP contribution in [0.15, 0.2) is 35.9 Å². The van der Waals surface area contributed by atoms with Gasteiger partial charge in [-0.1, -0.05) is 51.5 Å². The van der Waals surface area contributed by atoms with Crippen molar-refractivity contribution in [3.05, 3.63) is 41.5 Å². The molecule has 7 nitrogen and oxygen atoms in total. The molecule has 2 amide bonds. The maximum atomic E-state index is 12.9. The third-order valence-electron chi connectivity index (χ3n) is 6.43. The Morgan fingerprint density at radius 1 is 1.21 bits per heavy atom. The van der Waals surface area contributed by atoms with E-state index in [1.165, 1.54) is 4.90 Å². The zero-order valence-electron chi connectivity index (χ0n) is 20.7. The summed E-state index contributed by atoms with van der Waals surface area (Å²) in [4.78, 5) is 26.2. The number of rotatable bonds is 12. The van der Waals surface area contributed by atoms with Gasteiger partial charge in [0.2, 0.25) is 5.91 Å². The van der Waals surface area contributed by atoms with Crippen LogP contribution in [0.5, 0.6) is 5.75 Å². The van der Waals surface area contributed by atoms with E-state index in [1.807, 2.05) is 52.0 Å². The van der Waals surface area contributed by atoms with Gasteiger partial charge in [-0.25, -0.2) is 9.69 Å². The second kappa shape index (κ2) is 12.8. The second-order valence-corrected chi connectivity index (χ2v) is 9.16. The number of aliphatic hydroxyl groups excluding tert-OH is 1. The number of hydrogen-bond donors (Lipinski definition) is 1. The molecule has 7 heteroatoms.